The van der Waals surface area contributed by atoms with Crippen LogP contribution in [0.25, 0.3) is 0 Å². The van der Waals surface area contributed by atoms with E-state index >= 15 is 0 Å². The van der Waals surface area contributed by atoms with Gasteiger partial charge in [0.05, 0.1) is 5.56 Å². The van der Waals surface area contributed by atoms with Gasteiger partial charge in [-0.15, -0.1) is 0 Å². The standard InChI is InChI=1S/C15H14N4/c16-9-11-8-10-2-1-3-14(10)19-15(11)18-13-6-4-12(17)5-7-13/h4-8H,1-3,17H2,(H,18,19). The highest BCUT2D eigenvalue weighted by atomic mass is 15.0. The number of rotatable bonds is 2. The van der Waals surface area contributed by atoms with Crippen LogP contribution in [0.2, 0.25) is 0 Å². The number of aromatic nitrogens is 1. The highest BCUT2D eigenvalue weighted by Gasteiger charge is 2.16. The van der Waals surface area contributed by atoms with Crippen LogP contribution in [0.5, 0.6) is 0 Å². The maximum atomic E-state index is 9.22. The van der Waals surface area contributed by atoms with E-state index in [1.165, 1.54) is 5.56 Å². The number of nitriles is 1. The van der Waals surface area contributed by atoms with Crippen molar-refractivity contribution in [2.45, 2.75) is 19.3 Å². The third kappa shape index (κ3) is 2.23. The molecule has 0 saturated carbocycles. The van der Waals surface area contributed by atoms with Crippen molar-refractivity contribution < 1.29 is 0 Å². The second-order valence-electron chi connectivity index (χ2n) is 4.70. The van der Waals surface area contributed by atoms with Crippen LogP contribution in [0.15, 0.2) is 30.3 Å². The van der Waals surface area contributed by atoms with Gasteiger partial charge in [0.1, 0.15) is 11.9 Å². The number of fused-ring (bicyclic) bond motifs is 1. The van der Waals surface area contributed by atoms with Crippen LogP contribution in [0.3, 0.4) is 0 Å². The molecule has 4 heteroatoms. The molecule has 1 aliphatic rings. The zero-order chi connectivity index (χ0) is 13.2. The van der Waals surface area contributed by atoms with Crippen molar-refractivity contribution in [1.29, 1.82) is 5.26 Å². The van der Waals surface area contributed by atoms with E-state index in [4.69, 9.17) is 5.73 Å². The van der Waals surface area contributed by atoms with E-state index in [1.807, 2.05) is 30.3 Å². The molecule has 1 heterocycles. The summed E-state index contributed by atoms with van der Waals surface area (Å²) in [6, 6.07) is 11.6. The Morgan fingerprint density at radius 1 is 1.21 bits per heavy atom. The van der Waals surface area contributed by atoms with E-state index in [9.17, 15) is 5.26 Å². The van der Waals surface area contributed by atoms with Crippen molar-refractivity contribution in [2.24, 2.45) is 0 Å². The van der Waals surface area contributed by atoms with E-state index in [1.54, 1.807) is 0 Å². The first-order chi connectivity index (χ1) is 9.26. The molecule has 1 aromatic carbocycles. The number of aryl methyl sites for hydroxylation is 2. The monoisotopic (exact) mass is 250 g/mol. The Hall–Kier alpha value is -2.54. The zero-order valence-electron chi connectivity index (χ0n) is 10.5. The molecular formula is C15H14N4. The van der Waals surface area contributed by atoms with E-state index < -0.39 is 0 Å². The number of hydrogen-bond donors (Lipinski definition) is 2. The third-order valence-corrected chi connectivity index (χ3v) is 3.34. The lowest BCUT2D eigenvalue weighted by molar-refractivity contribution is 0.900. The predicted octanol–water partition coefficient (Wildman–Crippen LogP) is 2.77. The largest absolute Gasteiger partial charge is 0.399 e. The molecule has 0 fully saturated rings. The second kappa shape index (κ2) is 4.62. The summed E-state index contributed by atoms with van der Waals surface area (Å²) < 4.78 is 0. The topological polar surface area (TPSA) is 74.7 Å². The molecule has 0 saturated heterocycles. The van der Waals surface area contributed by atoms with Gasteiger partial charge in [-0.05, 0) is 55.2 Å². The van der Waals surface area contributed by atoms with Gasteiger partial charge >= 0.3 is 0 Å². The number of nitrogens with two attached hydrogens (primary N) is 1. The molecule has 0 atom stereocenters. The summed E-state index contributed by atoms with van der Waals surface area (Å²) in [4.78, 5) is 4.58. The molecule has 94 valence electrons. The van der Waals surface area contributed by atoms with Crippen LogP contribution >= 0.6 is 0 Å². The number of anilines is 3. The van der Waals surface area contributed by atoms with E-state index in [0.29, 0.717) is 17.1 Å². The van der Waals surface area contributed by atoms with Gasteiger partial charge in [0.2, 0.25) is 0 Å². The van der Waals surface area contributed by atoms with Gasteiger partial charge in [0.25, 0.3) is 0 Å². The van der Waals surface area contributed by atoms with Crippen LogP contribution in [0.4, 0.5) is 17.2 Å². The Bertz CT molecular complexity index is 653. The third-order valence-electron chi connectivity index (χ3n) is 3.34. The summed E-state index contributed by atoms with van der Waals surface area (Å²) >= 11 is 0. The van der Waals surface area contributed by atoms with Crippen molar-refractivity contribution in [3.05, 3.63) is 47.2 Å². The highest BCUT2D eigenvalue weighted by molar-refractivity contribution is 5.65. The normalized spacial score (nSPS) is 12.8. The molecule has 0 aliphatic heterocycles. The zero-order valence-corrected chi connectivity index (χ0v) is 10.5. The number of pyridine rings is 1. The molecule has 0 radical (unpaired) electrons. The number of nitrogens with zero attached hydrogens (tertiary/aromatic N) is 2. The molecular weight excluding hydrogens is 236 g/mol. The Morgan fingerprint density at radius 3 is 2.74 bits per heavy atom. The lowest BCUT2D eigenvalue weighted by Crippen LogP contribution is -2.01. The summed E-state index contributed by atoms with van der Waals surface area (Å²) in [6.45, 7) is 0. The maximum absolute atomic E-state index is 9.22. The van der Waals surface area contributed by atoms with Gasteiger partial charge in [0, 0.05) is 17.1 Å². The summed E-state index contributed by atoms with van der Waals surface area (Å²) in [5.74, 6) is 0.632. The van der Waals surface area contributed by atoms with Crippen molar-refractivity contribution >= 4 is 17.2 Å². The summed E-state index contributed by atoms with van der Waals surface area (Å²) in [7, 11) is 0. The smallest absolute Gasteiger partial charge is 0.148 e. The fraction of sp³-hybridized carbons (Fsp3) is 0.200. The van der Waals surface area contributed by atoms with Gasteiger partial charge in [-0.2, -0.15) is 5.26 Å². The average molecular weight is 250 g/mol. The first-order valence-electron chi connectivity index (χ1n) is 6.32. The summed E-state index contributed by atoms with van der Waals surface area (Å²) in [6.07, 6.45) is 3.15. The molecule has 0 bridgehead atoms. The van der Waals surface area contributed by atoms with Gasteiger partial charge < -0.3 is 11.1 Å². The lowest BCUT2D eigenvalue weighted by Gasteiger charge is -2.09. The SMILES string of the molecule is N#Cc1cc2c(nc1Nc1ccc(N)cc1)CCC2. The van der Waals surface area contributed by atoms with Crippen LogP contribution in [0, 0.1) is 11.3 Å². The number of hydrogen-bond acceptors (Lipinski definition) is 4. The fourth-order valence-corrected chi connectivity index (χ4v) is 2.36. The van der Waals surface area contributed by atoms with Crippen molar-refractivity contribution in [3.63, 3.8) is 0 Å². The van der Waals surface area contributed by atoms with Crippen LogP contribution in [-0.2, 0) is 12.8 Å². The molecule has 3 N–H and O–H groups in total. The number of benzene rings is 1. The fourth-order valence-electron chi connectivity index (χ4n) is 2.36. The van der Waals surface area contributed by atoms with E-state index in [2.05, 4.69) is 16.4 Å². The average Bonchev–Trinajstić information content (AvgIpc) is 2.87. The first kappa shape index (κ1) is 11.5. The first-order valence-corrected chi connectivity index (χ1v) is 6.32. The van der Waals surface area contributed by atoms with E-state index in [0.717, 1.165) is 30.6 Å². The molecule has 1 aromatic heterocycles. The molecule has 0 unspecified atom stereocenters. The predicted molar refractivity (Wildman–Crippen MR) is 75.1 cm³/mol. The minimum absolute atomic E-state index is 0.595. The molecule has 19 heavy (non-hydrogen) atoms. The summed E-state index contributed by atoms with van der Waals surface area (Å²) in [5, 5.41) is 12.4. The Kier molecular flexibility index (Phi) is 2.81. The second-order valence-corrected chi connectivity index (χ2v) is 4.70. The minimum atomic E-state index is 0.595. The quantitative estimate of drug-likeness (QED) is 0.804. The Morgan fingerprint density at radius 2 is 2.00 bits per heavy atom. The highest BCUT2D eigenvalue weighted by Crippen LogP contribution is 2.26. The van der Waals surface area contributed by atoms with Gasteiger partial charge in [-0.1, -0.05) is 0 Å². The van der Waals surface area contributed by atoms with Crippen molar-refractivity contribution in [1.82, 2.24) is 4.98 Å². The lowest BCUT2D eigenvalue weighted by atomic mass is 10.1. The van der Waals surface area contributed by atoms with Crippen molar-refractivity contribution in [2.75, 3.05) is 11.1 Å². The Balaban J connectivity index is 1.96. The van der Waals surface area contributed by atoms with Crippen LogP contribution in [0.1, 0.15) is 23.2 Å². The summed E-state index contributed by atoms with van der Waals surface area (Å²) in [5.41, 5.74) is 10.2. The molecule has 0 spiro atoms. The number of nitrogens with one attached hydrogen (secondary N) is 1. The van der Waals surface area contributed by atoms with Crippen molar-refractivity contribution in [3.8, 4) is 6.07 Å². The van der Waals surface area contributed by atoms with Crippen LogP contribution < -0.4 is 11.1 Å². The molecule has 3 rings (SSSR count). The van der Waals surface area contributed by atoms with Gasteiger partial charge in [0.15, 0.2) is 0 Å². The number of nitrogen functional groups attached to an aromatic ring is 1. The molecule has 0 amide bonds. The minimum Gasteiger partial charge on any atom is -0.399 e. The van der Waals surface area contributed by atoms with Crippen LogP contribution in [-0.4, -0.2) is 4.98 Å². The molecule has 1 aliphatic carbocycles. The van der Waals surface area contributed by atoms with E-state index in [-0.39, 0.29) is 0 Å². The maximum Gasteiger partial charge on any atom is 0.148 e. The Labute approximate surface area is 111 Å². The molecule has 4 nitrogen and oxygen atoms in total. The van der Waals surface area contributed by atoms with Gasteiger partial charge in [-0.25, -0.2) is 4.98 Å². The van der Waals surface area contributed by atoms with Gasteiger partial charge in [-0.3, -0.25) is 0 Å². The molecule has 2 aromatic rings.